The third-order valence-corrected chi connectivity index (χ3v) is 4.25. The lowest BCUT2D eigenvalue weighted by molar-refractivity contribution is -0.141. The Bertz CT molecular complexity index is 623. The van der Waals surface area contributed by atoms with Crippen LogP contribution in [-0.2, 0) is 16.0 Å². The average Bonchev–Trinajstić information content (AvgIpc) is 2.54. The fourth-order valence-corrected chi connectivity index (χ4v) is 2.96. The molecule has 0 aromatic heterocycles. The van der Waals surface area contributed by atoms with E-state index in [1.165, 1.54) is 31.2 Å². The monoisotopic (exact) mass is 338 g/mol. The van der Waals surface area contributed by atoms with Crippen molar-refractivity contribution in [2.45, 2.75) is 31.3 Å². The summed E-state index contributed by atoms with van der Waals surface area (Å²) in [6, 6.07) is 4.40. The van der Waals surface area contributed by atoms with Gasteiger partial charge in [0.2, 0.25) is 11.8 Å². The Balaban J connectivity index is 2.01. The minimum absolute atomic E-state index is 0.0373. The summed E-state index contributed by atoms with van der Waals surface area (Å²) in [6.07, 6.45) is 1.10. The molecule has 1 aliphatic heterocycles. The summed E-state index contributed by atoms with van der Waals surface area (Å²) in [6.45, 7) is 0.630. The largest absolute Gasteiger partial charge is 0.494 e. The molecular formula is C17H23FN2O4. The van der Waals surface area contributed by atoms with Crippen molar-refractivity contribution < 1.29 is 23.8 Å². The minimum atomic E-state index is -1.21. The van der Waals surface area contributed by atoms with Crippen LogP contribution in [0, 0.1) is 5.82 Å². The van der Waals surface area contributed by atoms with E-state index < -0.39 is 11.4 Å². The van der Waals surface area contributed by atoms with E-state index >= 15 is 0 Å². The molecule has 1 fully saturated rings. The van der Waals surface area contributed by atoms with Gasteiger partial charge >= 0.3 is 0 Å². The van der Waals surface area contributed by atoms with Gasteiger partial charge in [0, 0.05) is 20.1 Å². The van der Waals surface area contributed by atoms with Crippen molar-refractivity contribution in [3.63, 3.8) is 0 Å². The molecule has 2 N–H and O–H groups in total. The van der Waals surface area contributed by atoms with Gasteiger partial charge in [-0.05, 0) is 30.5 Å². The molecule has 1 unspecified atom stereocenters. The van der Waals surface area contributed by atoms with Crippen molar-refractivity contribution >= 4 is 11.8 Å². The number of amides is 2. The molecule has 1 aromatic carbocycles. The van der Waals surface area contributed by atoms with Crippen molar-refractivity contribution in [3.8, 4) is 5.75 Å². The molecule has 1 atom stereocenters. The van der Waals surface area contributed by atoms with Gasteiger partial charge in [0.1, 0.15) is 0 Å². The van der Waals surface area contributed by atoms with Crippen molar-refractivity contribution in [1.82, 2.24) is 10.2 Å². The Kier molecular flexibility index (Phi) is 5.77. The van der Waals surface area contributed by atoms with Crippen LogP contribution in [0.25, 0.3) is 0 Å². The Hall–Kier alpha value is -2.15. The molecule has 1 aliphatic rings. The number of methoxy groups -OCH3 is 1. The number of nitrogens with one attached hydrogen (secondary N) is 1. The molecule has 0 spiro atoms. The van der Waals surface area contributed by atoms with Crippen molar-refractivity contribution in [2.75, 3.05) is 27.2 Å². The lowest BCUT2D eigenvalue weighted by Gasteiger charge is -2.39. The van der Waals surface area contributed by atoms with Crippen LogP contribution in [-0.4, -0.2) is 54.7 Å². The highest BCUT2D eigenvalue weighted by atomic mass is 19.1. The first-order valence-electron chi connectivity index (χ1n) is 7.90. The fraction of sp³-hybridized carbons (Fsp3) is 0.529. The summed E-state index contributed by atoms with van der Waals surface area (Å²) in [5, 5.41) is 13.0. The first kappa shape index (κ1) is 18.2. The highest BCUT2D eigenvalue weighted by Crippen LogP contribution is 2.25. The first-order chi connectivity index (χ1) is 11.4. The number of β-amino-alcohol motifs (C(OH)–C–C–N with tert-alkyl or cyclic N) is 1. The van der Waals surface area contributed by atoms with Crippen LogP contribution < -0.4 is 10.1 Å². The number of aliphatic hydroxyl groups is 1. The van der Waals surface area contributed by atoms with Crippen molar-refractivity contribution in [2.24, 2.45) is 0 Å². The van der Waals surface area contributed by atoms with Crippen molar-refractivity contribution in [1.29, 1.82) is 0 Å². The van der Waals surface area contributed by atoms with Gasteiger partial charge in [-0.1, -0.05) is 6.07 Å². The summed E-state index contributed by atoms with van der Waals surface area (Å²) >= 11 is 0. The lowest BCUT2D eigenvalue weighted by Crippen LogP contribution is -2.52. The van der Waals surface area contributed by atoms with Gasteiger partial charge in [-0.15, -0.1) is 0 Å². The quantitative estimate of drug-likeness (QED) is 0.835. The number of carbonyl (C=O) groups excluding carboxylic acids is 2. The topological polar surface area (TPSA) is 78.9 Å². The third kappa shape index (κ3) is 4.44. The number of carbonyl (C=O) groups is 2. The van der Waals surface area contributed by atoms with E-state index in [-0.39, 0.29) is 37.0 Å². The summed E-state index contributed by atoms with van der Waals surface area (Å²) in [4.78, 5) is 25.5. The molecule has 6 nitrogen and oxygen atoms in total. The zero-order chi connectivity index (χ0) is 17.7. The highest BCUT2D eigenvalue weighted by molar-refractivity contribution is 5.80. The number of ether oxygens (including phenoxy) is 1. The molecular weight excluding hydrogens is 315 g/mol. The molecule has 1 saturated heterocycles. The zero-order valence-electron chi connectivity index (χ0n) is 14.0. The fourth-order valence-electron chi connectivity index (χ4n) is 2.96. The summed E-state index contributed by atoms with van der Waals surface area (Å²) in [5.74, 6) is -0.847. The summed E-state index contributed by atoms with van der Waals surface area (Å²) in [5.41, 5.74) is -0.669. The Morgan fingerprint density at radius 1 is 1.46 bits per heavy atom. The van der Waals surface area contributed by atoms with E-state index in [1.54, 1.807) is 6.07 Å². The number of benzene rings is 1. The highest BCUT2D eigenvalue weighted by Gasteiger charge is 2.36. The van der Waals surface area contributed by atoms with E-state index in [0.717, 1.165) is 0 Å². The normalized spacial score (nSPS) is 20.6. The molecule has 0 aliphatic carbocycles. The van der Waals surface area contributed by atoms with Crippen LogP contribution >= 0.6 is 0 Å². The summed E-state index contributed by atoms with van der Waals surface area (Å²) < 4.78 is 18.6. The minimum Gasteiger partial charge on any atom is -0.494 e. The molecule has 0 bridgehead atoms. The molecule has 1 heterocycles. The number of hydrogen-bond donors (Lipinski definition) is 2. The molecule has 1 aromatic rings. The second-order valence-corrected chi connectivity index (χ2v) is 6.14. The molecule has 2 rings (SSSR count). The molecule has 132 valence electrons. The zero-order valence-corrected chi connectivity index (χ0v) is 14.0. The predicted octanol–water partition coefficient (Wildman–Crippen LogP) is 0.866. The van der Waals surface area contributed by atoms with E-state index in [9.17, 15) is 19.1 Å². The van der Waals surface area contributed by atoms with Crippen LogP contribution in [0.15, 0.2) is 18.2 Å². The van der Waals surface area contributed by atoms with Crippen LogP contribution in [0.2, 0.25) is 0 Å². The van der Waals surface area contributed by atoms with E-state index in [0.29, 0.717) is 24.9 Å². The Morgan fingerprint density at radius 2 is 2.21 bits per heavy atom. The third-order valence-electron chi connectivity index (χ3n) is 4.25. The Labute approximate surface area is 140 Å². The van der Waals surface area contributed by atoms with Crippen LogP contribution in [0.4, 0.5) is 4.39 Å². The van der Waals surface area contributed by atoms with Gasteiger partial charge < -0.3 is 20.1 Å². The van der Waals surface area contributed by atoms with Crippen molar-refractivity contribution in [3.05, 3.63) is 29.6 Å². The van der Waals surface area contributed by atoms with Gasteiger partial charge in [0.05, 0.1) is 25.6 Å². The maximum atomic E-state index is 13.7. The van der Waals surface area contributed by atoms with Crippen LogP contribution in [0.5, 0.6) is 5.75 Å². The van der Waals surface area contributed by atoms with Crippen LogP contribution in [0.3, 0.4) is 0 Å². The second kappa shape index (κ2) is 7.61. The maximum Gasteiger partial charge on any atom is 0.227 e. The van der Waals surface area contributed by atoms with E-state index in [4.69, 9.17) is 4.74 Å². The van der Waals surface area contributed by atoms with Gasteiger partial charge in [0.15, 0.2) is 11.6 Å². The average molecular weight is 338 g/mol. The van der Waals surface area contributed by atoms with E-state index in [1.807, 2.05) is 0 Å². The maximum absolute atomic E-state index is 13.7. The van der Waals surface area contributed by atoms with Gasteiger partial charge in [-0.25, -0.2) is 4.39 Å². The van der Waals surface area contributed by atoms with Gasteiger partial charge in [0.25, 0.3) is 0 Å². The number of nitrogens with zero attached hydrogens (tertiary/aromatic N) is 1. The molecule has 0 saturated carbocycles. The number of rotatable bonds is 5. The SMILES string of the molecule is CNC(=O)CC1(O)CCCN(C(=O)Cc2ccc(OC)c(F)c2)C1. The molecule has 7 heteroatoms. The number of halogens is 1. The molecule has 24 heavy (non-hydrogen) atoms. The van der Waals surface area contributed by atoms with Gasteiger partial charge in [-0.2, -0.15) is 0 Å². The standard InChI is InChI=1S/C17H23FN2O4/c1-19-15(21)10-17(23)6-3-7-20(11-17)16(22)9-12-4-5-14(24-2)13(18)8-12/h4-5,8,23H,3,6-7,9-11H2,1-2H3,(H,19,21). The lowest BCUT2D eigenvalue weighted by atomic mass is 9.89. The smallest absolute Gasteiger partial charge is 0.227 e. The number of likely N-dealkylation sites (tertiary alicyclic amines) is 1. The molecule has 2 amide bonds. The summed E-state index contributed by atoms with van der Waals surface area (Å²) in [7, 11) is 2.89. The van der Waals surface area contributed by atoms with Gasteiger partial charge in [-0.3, -0.25) is 9.59 Å². The van der Waals surface area contributed by atoms with Crippen LogP contribution in [0.1, 0.15) is 24.8 Å². The Morgan fingerprint density at radius 3 is 2.83 bits per heavy atom. The van der Waals surface area contributed by atoms with E-state index in [2.05, 4.69) is 5.32 Å². The second-order valence-electron chi connectivity index (χ2n) is 6.14. The first-order valence-corrected chi connectivity index (χ1v) is 7.90. The predicted molar refractivity (Wildman–Crippen MR) is 86.1 cm³/mol. The number of piperidine rings is 1. The molecule has 0 radical (unpaired) electrons. The number of hydrogen-bond acceptors (Lipinski definition) is 4.